The summed E-state index contributed by atoms with van der Waals surface area (Å²) in [7, 11) is 0. The van der Waals surface area contributed by atoms with Crippen molar-refractivity contribution < 1.29 is 9.53 Å². The lowest BCUT2D eigenvalue weighted by atomic mass is 9.88. The molecule has 0 amide bonds. The molecule has 1 saturated heterocycles. The maximum Gasteiger partial charge on any atom is 0.330 e. The summed E-state index contributed by atoms with van der Waals surface area (Å²) in [6.45, 7) is 5.87. The van der Waals surface area contributed by atoms with Gasteiger partial charge in [-0.25, -0.2) is 9.78 Å². The summed E-state index contributed by atoms with van der Waals surface area (Å²) in [5.41, 5.74) is 0.899. The zero-order valence-corrected chi connectivity index (χ0v) is 16.5. The predicted octanol–water partition coefficient (Wildman–Crippen LogP) is 4.11. The van der Waals surface area contributed by atoms with Gasteiger partial charge in [-0.15, -0.1) is 0 Å². The minimum Gasteiger partial charge on any atom is -0.463 e. The molecule has 1 N–H and O–H groups in total. The van der Waals surface area contributed by atoms with Crippen LogP contribution in [0.2, 0.25) is 0 Å². The van der Waals surface area contributed by atoms with Gasteiger partial charge in [-0.2, -0.15) is 0 Å². The Morgan fingerprint density at radius 3 is 2.67 bits per heavy atom. The van der Waals surface area contributed by atoms with E-state index in [1.165, 1.54) is 70.7 Å². The summed E-state index contributed by atoms with van der Waals surface area (Å²) in [5.74, 6) is 1.52. The van der Waals surface area contributed by atoms with Crippen LogP contribution in [-0.4, -0.2) is 48.1 Å². The average Bonchev–Trinajstić information content (AvgIpc) is 2.70. The predicted molar refractivity (Wildman–Crippen MR) is 110 cm³/mol. The quantitative estimate of drug-likeness (QED) is 0.577. The Hall–Kier alpha value is -1.88. The Morgan fingerprint density at radius 2 is 2.00 bits per heavy atom. The number of ether oxygens (including phenoxy) is 1. The number of hydrogen-bond acceptors (Lipinski definition) is 5. The molecule has 27 heavy (non-hydrogen) atoms. The molecular weight excluding hydrogens is 338 g/mol. The van der Waals surface area contributed by atoms with Gasteiger partial charge in [-0.1, -0.05) is 19.3 Å². The van der Waals surface area contributed by atoms with E-state index in [9.17, 15) is 4.79 Å². The molecule has 1 aromatic heterocycles. The monoisotopic (exact) mass is 371 g/mol. The van der Waals surface area contributed by atoms with Crippen LogP contribution in [0.25, 0.3) is 6.08 Å². The van der Waals surface area contributed by atoms with Crippen LogP contribution in [0, 0.1) is 5.92 Å². The molecular formula is C22H33N3O2. The minimum absolute atomic E-state index is 0.320. The number of nitrogens with zero attached hydrogens (tertiary/aromatic N) is 2. The van der Waals surface area contributed by atoms with Gasteiger partial charge in [-0.05, 0) is 62.3 Å². The Kier molecular flexibility index (Phi) is 7.69. The van der Waals surface area contributed by atoms with E-state index in [0.29, 0.717) is 12.6 Å². The fraction of sp³-hybridized carbons (Fsp3) is 0.636. The number of hydrogen-bond donors (Lipinski definition) is 1. The normalized spacial score (nSPS) is 20.0. The van der Waals surface area contributed by atoms with Crippen LogP contribution >= 0.6 is 0 Å². The summed E-state index contributed by atoms with van der Waals surface area (Å²) in [4.78, 5) is 18.5. The van der Waals surface area contributed by atoms with E-state index in [1.807, 2.05) is 12.1 Å². The molecule has 1 aromatic rings. The van der Waals surface area contributed by atoms with Crippen LogP contribution in [0.3, 0.4) is 0 Å². The van der Waals surface area contributed by atoms with Crippen molar-refractivity contribution in [2.75, 3.05) is 31.6 Å². The van der Waals surface area contributed by atoms with Crippen LogP contribution in [0.5, 0.6) is 0 Å². The molecule has 0 aromatic carbocycles. The second-order valence-electron chi connectivity index (χ2n) is 7.79. The van der Waals surface area contributed by atoms with Crippen LogP contribution in [-0.2, 0) is 9.53 Å². The van der Waals surface area contributed by atoms with Gasteiger partial charge in [0, 0.05) is 37.9 Å². The van der Waals surface area contributed by atoms with Crippen molar-refractivity contribution in [1.82, 2.24) is 9.88 Å². The molecule has 0 bridgehead atoms. The molecule has 5 heteroatoms. The SMILES string of the molecule is CCOC(=O)/C=C/c1ccc(NC2CCN(CC3CCCCC3)CC2)nc1. The van der Waals surface area contributed by atoms with Crippen LogP contribution in [0.4, 0.5) is 5.82 Å². The van der Waals surface area contributed by atoms with E-state index in [-0.39, 0.29) is 5.97 Å². The Labute approximate surface area is 163 Å². The maximum atomic E-state index is 11.4. The second kappa shape index (κ2) is 10.5. The Bertz CT molecular complexity index is 600. The first kappa shape index (κ1) is 19.9. The van der Waals surface area contributed by atoms with Gasteiger partial charge in [0.05, 0.1) is 6.61 Å². The molecule has 0 spiro atoms. The highest BCUT2D eigenvalue weighted by molar-refractivity contribution is 5.86. The number of rotatable bonds is 7. The van der Waals surface area contributed by atoms with Crippen molar-refractivity contribution in [1.29, 1.82) is 0 Å². The molecule has 3 rings (SSSR count). The van der Waals surface area contributed by atoms with E-state index >= 15 is 0 Å². The first-order valence-electron chi connectivity index (χ1n) is 10.5. The molecule has 5 nitrogen and oxygen atoms in total. The van der Waals surface area contributed by atoms with Crippen molar-refractivity contribution in [2.24, 2.45) is 5.92 Å². The van der Waals surface area contributed by atoms with Crippen molar-refractivity contribution in [2.45, 2.75) is 57.9 Å². The highest BCUT2D eigenvalue weighted by Crippen LogP contribution is 2.26. The topological polar surface area (TPSA) is 54.5 Å². The molecule has 1 aliphatic heterocycles. The number of nitrogens with one attached hydrogen (secondary N) is 1. The molecule has 1 aliphatic carbocycles. The zero-order chi connectivity index (χ0) is 18.9. The van der Waals surface area contributed by atoms with Gasteiger partial charge < -0.3 is 15.0 Å². The average molecular weight is 372 g/mol. The highest BCUT2D eigenvalue weighted by atomic mass is 16.5. The molecule has 148 valence electrons. The summed E-state index contributed by atoms with van der Waals surface area (Å²) in [5, 5.41) is 3.56. The molecule has 0 atom stereocenters. The lowest BCUT2D eigenvalue weighted by molar-refractivity contribution is -0.137. The van der Waals surface area contributed by atoms with Crippen molar-refractivity contribution in [3.05, 3.63) is 30.0 Å². The summed E-state index contributed by atoms with van der Waals surface area (Å²) >= 11 is 0. The van der Waals surface area contributed by atoms with Gasteiger partial charge in [0.15, 0.2) is 0 Å². The number of anilines is 1. The van der Waals surface area contributed by atoms with Crippen molar-refractivity contribution in [3.63, 3.8) is 0 Å². The fourth-order valence-electron chi connectivity index (χ4n) is 4.15. The van der Waals surface area contributed by atoms with E-state index in [4.69, 9.17) is 4.74 Å². The summed E-state index contributed by atoms with van der Waals surface area (Å²) in [6.07, 6.45) is 14.5. The third-order valence-corrected chi connectivity index (χ3v) is 5.67. The van der Waals surface area contributed by atoms with Gasteiger partial charge >= 0.3 is 5.97 Å². The van der Waals surface area contributed by atoms with Gasteiger partial charge in [0.1, 0.15) is 5.82 Å². The van der Waals surface area contributed by atoms with Crippen molar-refractivity contribution in [3.8, 4) is 0 Å². The lowest BCUT2D eigenvalue weighted by Crippen LogP contribution is -2.41. The van der Waals surface area contributed by atoms with E-state index in [0.717, 1.165) is 17.3 Å². The number of likely N-dealkylation sites (tertiary alicyclic amines) is 1. The minimum atomic E-state index is -0.320. The number of pyridine rings is 1. The van der Waals surface area contributed by atoms with Gasteiger partial charge in [0.25, 0.3) is 0 Å². The fourth-order valence-corrected chi connectivity index (χ4v) is 4.15. The number of carbonyl (C=O) groups is 1. The van der Waals surface area contributed by atoms with Gasteiger partial charge in [0.2, 0.25) is 0 Å². The van der Waals surface area contributed by atoms with Crippen molar-refractivity contribution >= 4 is 17.9 Å². The molecule has 2 fully saturated rings. The molecule has 1 saturated carbocycles. The summed E-state index contributed by atoms with van der Waals surface area (Å²) in [6, 6.07) is 4.46. The highest BCUT2D eigenvalue weighted by Gasteiger charge is 2.22. The van der Waals surface area contributed by atoms with Crippen LogP contribution < -0.4 is 5.32 Å². The molecule has 2 heterocycles. The number of esters is 1. The standard InChI is InChI=1S/C22H33N3O2/c1-2-27-22(26)11-9-18-8-10-21(23-16-18)24-20-12-14-25(15-13-20)17-19-6-4-3-5-7-19/h8-11,16,19-20H,2-7,12-15,17H2,1H3,(H,23,24)/b11-9+. The zero-order valence-electron chi connectivity index (χ0n) is 16.5. The van der Waals surface area contributed by atoms with Crippen LogP contribution in [0.1, 0.15) is 57.4 Å². The van der Waals surface area contributed by atoms with E-state index in [2.05, 4.69) is 15.2 Å². The second-order valence-corrected chi connectivity index (χ2v) is 7.79. The Balaban J connectivity index is 1.40. The molecule has 2 aliphatic rings. The number of aromatic nitrogens is 1. The maximum absolute atomic E-state index is 11.4. The first-order valence-corrected chi connectivity index (χ1v) is 10.5. The van der Waals surface area contributed by atoms with E-state index < -0.39 is 0 Å². The van der Waals surface area contributed by atoms with Gasteiger partial charge in [-0.3, -0.25) is 0 Å². The third kappa shape index (κ3) is 6.65. The Morgan fingerprint density at radius 1 is 1.22 bits per heavy atom. The smallest absolute Gasteiger partial charge is 0.330 e. The lowest BCUT2D eigenvalue weighted by Gasteiger charge is -2.35. The molecule has 0 radical (unpaired) electrons. The first-order chi connectivity index (χ1) is 13.2. The third-order valence-electron chi connectivity index (χ3n) is 5.67. The van der Waals surface area contributed by atoms with Crippen LogP contribution in [0.15, 0.2) is 24.4 Å². The number of piperidine rings is 1. The largest absolute Gasteiger partial charge is 0.463 e. The number of carbonyl (C=O) groups excluding carboxylic acids is 1. The summed E-state index contributed by atoms with van der Waals surface area (Å²) < 4.78 is 4.88. The molecule has 0 unspecified atom stereocenters. The van der Waals surface area contributed by atoms with E-state index in [1.54, 1.807) is 19.2 Å².